The number of hydrogen-bond acceptors (Lipinski definition) is 3. The average molecular weight is 375 g/mol. The molecule has 1 atom stereocenters. The van der Waals surface area contributed by atoms with Crippen LogP contribution in [0.2, 0.25) is 0 Å². The van der Waals surface area contributed by atoms with Gasteiger partial charge in [0, 0.05) is 13.1 Å². The second kappa shape index (κ2) is 8.47. The van der Waals surface area contributed by atoms with Crippen LogP contribution in [0, 0.1) is 13.8 Å². The van der Waals surface area contributed by atoms with Gasteiger partial charge in [-0.2, -0.15) is 4.31 Å². The van der Waals surface area contributed by atoms with E-state index < -0.39 is 10.0 Å². The van der Waals surface area contributed by atoms with Crippen molar-refractivity contribution in [3.8, 4) is 0 Å². The molecule has 1 unspecified atom stereocenters. The smallest absolute Gasteiger partial charge is 0.243 e. The van der Waals surface area contributed by atoms with Gasteiger partial charge in [-0.1, -0.05) is 42.0 Å². The highest BCUT2D eigenvalue weighted by atomic mass is 32.2. The molecular formula is C20H26N2O3S. The number of sulfonamides is 1. The monoisotopic (exact) mass is 374 g/mol. The van der Waals surface area contributed by atoms with Gasteiger partial charge in [-0.3, -0.25) is 4.79 Å². The Bertz CT molecular complexity index is 861. The van der Waals surface area contributed by atoms with Crippen molar-refractivity contribution in [2.24, 2.45) is 0 Å². The van der Waals surface area contributed by atoms with Crippen molar-refractivity contribution < 1.29 is 13.2 Å². The van der Waals surface area contributed by atoms with E-state index >= 15 is 0 Å². The summed E-state index contributed by atoms with van der Waals surface area (Å²) in [5, 5.41) is 2.87. The minimum Gasteiger partial charge on any atom is -0.352 e. The number of benzene rings is 2. The van der Waals surface area contributed by atoms with Crippen LogP contribution in [0.3, 0.4) is 0 Å². The van der Waals surface area contributed by atoms with Crippen LogP contribution in [0.4, 0.5) is 0 Å². The van der Waals surface area contributed by atoms with Gasteiger partial charge in [0.1, 0.15) is 0 Å². The van der Waals surface area contributed by atoms with Crippen molar-refractivity contribution in [3.05, 3.63) is 65.2 Å². The molecule has 0 aliphatic heterocycles. The number of nitrogens with one attached hydrogen (secondary N) is 1. The molecule has 0 saturated heterocycles. The van der Waals surface area contributed by atoms with Crippen LogP contribution in [0.25, 0.3) is 0 Å². The third kappa shape index (κ3) is 5.16. The lowest BCUT2D eigenvalue weighted by molar-refractivity contribution is -0.121. The first-order valence-corrected chi connectivity index (χ1v) is 10.0. The maximum absolute atomic E-state index is 12.5. The summed E-state index contributed by atoms with van der Waals surface area (Å²) in [5.74, 6) is -0.315. The van der Waals surface area contributed by atoms with Crippen molar-refractivity contribution >= 4 is 15.9 Å². The number of likely N-dealkylation sites (N-methyl/N-ethyl adjacent to an activating group) is 1. The van der Waals surface area contributed by atoms with E-state index in [1.54, 1.807) is 24.3 Å². The van der Waals surface area contributed by atoms with Crippen molar-refractivity contribution in [2.45, 2.75) is 38.1 Å². The molecule has 5 nitrogen and oxygen atoms in total. The van der Waals surface area contributed by atoms with E-state index in [2.05, 4.69) is 5.32 Å². The Kier molecular flexibility index (Phi) is 6.56. The van der Waals surface area contributed by atoms with Gasteiger partial charge in [-0.05, 0) is 50.5 Å². The lowest BCUT2D eigenvalue weighted by Crippen LogP contribution is -2.42. The van der Waals surface area contributed by atoms with Crippen LogP contribution in [0.1, 0.15) is 23.6 Å². The molecule has 1 N–H and O–H groups in total. The molecule has 0 spiro atoms. The van der Waals surface area contributed by atoms with E-state index in [4.69, 9.17) is 0 Å². The Morgan fingerprint density at radius 1 is 1.08 bits per heavy atom. The Morgan fingerprint density at radius 3 is 2.31 bits per heavy atom. The largest absolute Gasteiger partial charge is 0.352 e. The van der Waals surface area contributed by atoms with Gasteiger partial charge in [0.15, 0.2) is 0 Å². The molecule has 1 amide bonds. The van der Waals surface area contributed by atoms with Crippen molar-refractivity contribution in [2.75, 3.05) is 13.6 Å². The predicted octanol–water partition coefficient (Wildman–Crippen LogP) is 2.67. The number of aryl methyl sites for hydroxylation is 2. The maximum Gasteiger partial charge on any atom is 0.243 e. The molecule has 2 aromatic carbocycles. The van der Waals surface area contributed by atoms with Crippen LogP contribution < -0.4 is 5.32 Å². The van der Waals surface area contributed by atoms with Gasteiger partial charge in [-0.15, -0.1) is 0 Å². The zero-order valence-corrected chi connectivity index (χ0v) is 16.5. The normalized spacial score (nSPS) is 12.8. The minimum absolute atomic E-state index is 0.0842. The quantitative estimate of drug-likeness (QED) is 0.810. The van der Waals surface area contributed by atoms with E-state index in [0.717, 1.165) is 9.87 Å². The van der Waals surface area contributed by atoms with Crippen LogP contribution >= 0.6 is 0 Å². The number of carbonyl (C=O) groups excluding carboxylic acids is 1. The van der Waals surface area contributed by atoms with Gasteiger partial charge in [-0.25, -0.2) is 8.42 Å². The summed E-state index contributed by atoms with van der Waals surface area (Å²) in [6, 6.07) is 14.5. The zero-order chi connectivity index (χ0) is 19.3. The van der Waals surface area contributed by atoms with Crippen molar-refractivity contribution in [3.63, 3.8) is 0 Å². The third-order valence-corrected chi connectivity index (χ3v) is 6.11. The van der Waals surface area contributed by atoms with Crippen LogP contribution in [0.15, 0.2) is 53.4 Å². The molecule has 0 bridgehead atoms. The molecule has 2 rings (SSSR count). The zero-order valence-electron chi connectivity index (χ0n) is 15.7. The fourth-order valence-electron chi connectivity index (χ4n) is 2.72. The summed E-state index contributed by atoms with van der Waals surface area (Å²) in [6.07, 6.45) is 0.701. The lowest BCUT2D eigenvalue weighted by Gasteiger charge is -2.20. The average Bonchev–Trinajstić information content (AvgIpc) is 2.57. The minimum atomic E-state index is -3.68. The fourth-order valence-corrected chi connectivity index (χ4v) is 3.85. The Hall–Kier alpha value is -2.18. The molecule has 2 aromatic rings. The van der Waals surface area contributed by atoms with E-state index in [1.165, 1.54) is 18.2 Å². The highest BCUT2D eigenvalue weighted by Crippen LogP contribution is 2.15. The number of rotatable bonds is 7. The van der Waals surface area contributed by atoms with E-state index in [-0.39, 0.29) is 23.4 Å². The molecule has 0 aromatic heterocycles. The molecule has 0 saturated carbocycles. The number of amides is 1. The van der Waals surface area contributed by atoms with Gasteiger partial charge < -0.3 is 5.32 Å². The first-order valence-electron chi connectivity index (χ1n) is 8.57. The second-order valence-electron chi connectivity index (χ2n) is 6.67. The molecule has 26 heavy (non-hydrogen) atoms. The topological polar surface area (TPSA) is 66.5 Å². The standard InChI is InChI=1S/C20H26N2O3S/c1-15-9-11-19(12-10-15)26(24,25)22(4)14-20(23)21-17(3)13-18-8-6-5-7-16(18)2/h5-12,17H,13-14H2,1-4H3,(H,21,23). The molecule has 0 aliphatic rings. The summed E-state index contributed by atoms with van der Waals surface area (Å²) in [4.78, 5) is 12.4. The van der Waals surface area contributed by atoms with Crippen molar-refractivity contribution in [1.29, 1.82) is 0 Å². The molecular weight excluding hydrogens is 348 g/mol. The summed E-state index contributed by atoms with van der Waals surface area (Å²) < 4.78 is 26.2. The van der Waals surface area contributed by atoms with Gasteiger partial charge in [0.2, 0.25) is 15.9 Å². The molecule has 0 radical (unpaired) electrons. The fraction of sp³-hybridized carbons (Fsp3) is 0.350. The predicted molar refractivity (Wildman–Crippen MR) is 103 cm³/mol. The van der Waals surface area contributed by atoms with Crippen molar-refractivity contribution in [1.82, 2.24) is 9.62 Å². The number of nitrogens with zero attached hydrogens (tertiary/aromatic N) is 1. The van der Waals surface area contributed by atoms with Crippen LogP contribution in [-0.4, -0.2) is 38.3 Å². The van der Waals surface area contributed by atoms with Gasteiger partial charge in [0.05, 0.1) is 11.4 Å². The summed E-state index contributed by atoms with van der Waals surface area (Å²) in [5.41, 5.74) is 3.32. The van der Waals surface area contributed by atoms with E-state index in [0.29, 0.717) is 6.42 Å². The van der Waals surface area contributed by atoms with E-state index in [1.807, 2.05) is 45.0 Å². The van der Waals surface area contributed by atoms with Crippen LogP contribution in [0.5, 0.6) is 0 Å². The molecule has 140 valence electrons. The first kappa shape index (κ1) is 20.1. The number of hydrogen-bond donors (Lipinski definition) is 1. The van der Waals surface area contributed by atoms with Gasteiger partial charge >= 0.3 is 0 Å². The summed E-state index contributed by atoms with van der Waals surface area (Å²) >= 11 is 0. The second-order valence-corrected chi connectivity index (χ2v) is 8.72. The lowest BCUT2D eigenvalue weighted by atomic mass is 10.0. The molecule has 0 aliphatic carbocycles. The SMILES string of the molecule is Cc1ccc(S(=O)(=O)N(C)CC(=O)NC(C)Cc2ccccc2C)cc1. The molecule has 6 heteroatoms. The summed E-state index contributed by atoms with van der Waals surface area (Å²) in [7, 11) is -2.26. The first-order chi connectivity index (χ1) is 12.2. The maximum atomic E-state index is 12.5. The number of carbonyl (C=O) groups is 1. The van der Waals surface area contributed by atoms with E-state index in [9.17, 15) is 13.2 Å². The Labute approximate surface area is 156 Å². The molecule has 0 heterocycles. The van der Waals surface area contributed by atoms with Crippen LogP contribution in [-0.2, 0) is 21.2 Å². The Morgan fingerprint density at radius 2 is 1.69 bits per heavy atom. The summed E-state index contributed by atoms with van der Waals surface area (Å²) in [6.45, 7) is 5.63. The Balaban J connectivity index is 1.96. The highest BCUT2D eigenvalue weighted by molar-refractivity contribution is 7.89. The third-order valence-electron chi connectivity index (χ3n) is 4.29. The highest BCUT2D eigenvalue weighted by Gasteiger charge is 2.23. The van der Waals surface area contributed by atoms with Gasteiger partial charge in [0.25, 0.3) is 0 Å². The molecule has 0 fully saturated rings.